The number of fused-ring (bicyclic) bond motifs is 4. The molecule has 0 atom stereocenters. The van der Waals surface area contributed by atoms with Crippen LogP contribution in [0.1, 0.15) is 31.2 Å². The summed E-state index contributed by atoms with van der Waals surface area (Å²) in [6.45, 7) is 0. The van der Waals surface area contributed by atoms with Gasteiger partial charge in [0, 0.05) is 5.56 Å². The molecule has 0 unspecified atom stereocenters. The zero-order valence-corrected chi connectivity index (χ0v) is 13.1. The minimum absolute atomic E-state index is 0.187. The van der Waals surface area contributed by atoms with E-state index >= 15 is 0 Å². The predicted octanol–water partition coefficient (Wildman–Crippen LogP) is 4.50. The van der Waals surface area contributed by atoms with Crippen molar-refractivity contribution in [3.63, 3.8) is 0 Å². The molecule has 3 heterocycles. The van der Waals surface area contributed by atoms with E-state index in [9.17, 15) is 0 Å². The van der Waals surface area contributed by atoms with Gasteiger partial charge in [0.15, 0.2) is 11.6 Å². The molecule has 0 amide bonds. The SMILES string of the molecule is c1csc(-c2nnc3n2C2(CCCC2)Cc2ccccc2-3)c1. The maximum atomic E-state index is 4.59. The lowest BCUT2D eigenvalue weighted by Gasteiger charge is -2.37. The largest absolute Gasteiger partial charge is 0.300 e. The lowest BCUT2D eigenvalue weighted by Crippen LogP contribution is -2.37. The average molecular weight is 307 g/mol. The number of nitrogens with zero attached hydrogens (tertiary/aromatic N) is 3. The Labute approximate surface area is 133 Å². The van der Waals surface area contributed by atoms with Crippen LogP contribution in [-0.4, -0.2) is 14.8 Å². The zero-order chi connectivity index (χ0) is 14.6. The number of benzene rings is 1. The minimum atomic E-state index is 0.187. The maximum absolute atomic E-state index is 4.59. The van der Waals surface area contributed by atoms with Crippen LogP contribution in [0.4, 0.5) is 0 Å². The van der Waals surface area contributed by atoms with Gasteiger partial charge in [-0.25, -0.2) is 0 Å². The van der Waals surface area contributed by atoms with Gasteiger partial charge in [-0.1, -0.05) is 43.2 Å². The van der Waals surface area contributed by atoms with Crippen molar-refractivity contribution in [3.05, 3.63) is 47.3 Å². The van der Waals surface area contributed by atoms with E-state index in [0.717, 1.165) is 18.1 Å². The van der Waals surface area contributed by atoms with E-state index in [1.165, 1.54) is 41.7 Å². The highest BCUT2D eigenvalue weighted by atomic mass is 32.1. The van der Waals surface area contributed by atoms with Crippen molar-refractivity contribution in [2.24, 2.45) is 0 Å². The van der Waals surface area contributed by atoms with Gasteiger partial charge < -0.3 is 0 Å². The van der Waals surface area contributed by atoms with Gasteiger partial charge >= 0.3 is 0 Å². The van der Waals surface area contributed by atoms with Crippen LogP contribution in [0, 0.1) is 0 Å². The van der Waals surface area contributed by atoms with Gasteiger partial charge in [0.2, 0.25) is 0 Å². The highest BCUT2D eigenvalue weighted by molar-refractivity contribution is 7.13. The number of rotatable bonds is 1. The maximum Gasteiger partial charge on any atom is 0.174 e. The van der Waals surface area contributed by atoms with Crippen molar-refractivity contribution in [2.45, 2.75) is 37.6 Å². The third kappa shape index (κ3) is 1.61. The van der Waals surface area contributed by atoms with Crippen LogP contribution >= 0.6 is 11.3 Å². The molecular weight excluding hydrogens is 290 g/mol. The number of thiophene rings is 1. The summed E-state index contributed by atoms with van der Waals surface area (Å²) < 4.78 is 2.47. The van der Waals surface area contributed by atoms with E-state index in [2.05, 4.69) is 56.5 Å². The Balaban J connectivity index is 1.81. The number of hydrogen-bond donors (Lipinski definition) is 0. The molecule has 0 N–H and O–H groups in total. The van der Waals surface area contributed by atoms with Crippen LogP contribution in [0.15, 0.2) is 41.8 Å². The van der Waals surface area contributed by atoms with Crippen molar-refractivity contribution < 1.29 is 0 Å². The highest BCUT2D eigenvalue weighted by Gasteiger charge is 2.43. The van der Waals surface area contributed by atoms with Crippen molar-refractivity contribution in [2.75, 3.05) is 0 Å². The van der Waals surface area contributed by atoms with E-state index < -0.39 is 0 Å². The van der Waals surface area contributed by atoms with Crippen molar-refractivity contribution >= 4 is 11.3 Å². The number of hydrogen-bond acceptors (Lipinski definition) is 3. The molecule has 1 fully saturated rings. The molecule has 4 heteroatoms. The second-order valence-electron chi connectivity index (χ2n) is 6.43. The highest BCUT2D eigenvalue weighted by Crippen LogP contribution is 2.48. The van der Waals surface area contributed by atoms with E-state index in [4.69, 9.17) is 0 Å². The van der Waals surface area contributed by atoms with Gasteiger partial charge in [-0.3, -0.25) is 4.57 Å². The van der Waals surface area contributed by atoms with Crippen molar-refractivity contribution in [1.82, 2.24) is 14.8 Å². The Bertz CT molecular complexity index is 826. The van der Waals surface area contributed by atoms with Crippen LogP contribution in [-0.2, 0) is 12.0 Å². The van der Waals surface area contributed by atoms with Crippen LogP contribution in [0.3, 0.4) is 0 Å². The lowest BCUT2D eigenvalue weighted by molar-refractivity contribution is 0.289. The third-order valence-corrected chi connectivity index (χ3v) is 6.06. The predicted molar refractivity (Wildman–Crippen MR) is 88.9 cm³/mol. The Hall–Kier alpha value is -1.94. The fourth-order valence-electron chi connectivity index (χ4n) is 4.23. The monoisotopic (exact) mass is 307 g/mol. The zero-order valence-electron chi connectivity index (χ0n) is 12.3. The summed E-state index contributed by atoms with van der Waals surface area (Å²) in [5.74, 6) is 2.12. The number of aromatic nitrogens is 3. The molecule has 1 aliphatic heterocycles. The Morgan fingerprint density at radius 3 is 2.59 bits per heavy atom. The molecule has 2 aromatic heterocycles. The third-order valence-electron chi connectivity index (χ3n) is 5.19. The molecule has 0 bridgehead atoms. The summed E-state index contributed by atoms with van der Waals surface area (Å²) in [4.78, 5) is 1.23. The van der Waals surface area contributed by atoms with Gasteiger partial charge in [-0.15, -0.1) is 21.5 Å². The van der Waals surface area contributed by atoms with Gasteiger partial charge in [0.1, 0.15) is 0 Å². The van der Waals surface area contributed by atoms with Gasteiger partial charge in [-0.05, 0) is 36.3 Å². The molecule has 1 saturated carbocycles. The second-order valence-corrected chi connectivity index (χ2v) is 7.37. The molecule has 5 rings (SSSR count). The van der Waals surface area contributed by atoms with Gasteiger partial charge in [-0.2, -0.15) is 0 Å². The van der Waals surface area contributed by atoms with Crippen LogP contribution in [0.25, 0.3) is 22.1 Å². The average Bonchev–Trinajstić information content (AvgIpc) is 3.28. The Morgan fingerprint density at radius 2 is 1.77 bits per heavy atom. The van der Waals surface area contributed by atoms with Crippen LogP contribution < -0.4 is 0 Å². The summed E-state index contributed by atoms with van der Waals surface area (Å²) in [6, 6.07) is 13.0. The summed E-state index contributed by atoms with van der Waals surface area (Å²) in [5.41, 5.74) is 2.88. The summed E-state index contributed by atoms with van der Waals surface area (Å²) in [6.07, 6.45) is 6.22. The molecule has 22 heavy (non-hydrogen) atoms. The molecule has 0 radical (unpaired) electrons. The van der Waals surface area contributed by atoms with Gasteiger partial charge in [0.05, 0.1) is 10.4 Å². The van der Waals surface area contributed by atoms with E-state index in [1.54, 1.807) is 11.3 Å². The topological polar surface area (TPSA) is 30.7 Å². The van der Waals surface area contributed by atoms with E-state index in [1.807, 2.05) is 0 Å². The lowest BCUT2D eigenvalue weighted by atomic mass is 9.83. The first-order valence-electron chi connectivity index (χ1n) is 7.95. The molecule has 3 aromatic rings. The Morgan fingerprint density at radius 1 is 0.955 bits per heavy atom. The molecule has 1 aliphatic carbocycles. The molecule has 1 spiro atoms. The Kier molecular flexibility index (Phi) is 2.59. The fraction of sp³-hybridized carbons (Fsp3) is 0.333. The van der Waals surface area contributed by atoms with E-state index in [-0.39, 0.29) is 5.54 Å². The minimum Gasteiger partial charge on any atom is -0.300 e. The first-order valence-corrected chi connectivity index (χ1v) is 8.83. The molecule has 1 aromatic carbocycles. The first-order chi connectivity index (χ1) is 10.9. The first kappa shape index (κ1) is 12.6. The molecule has 2 aliphatic rings. The normalized spacial score (nSPS) is 18.4. The van der Waals surface area contributed by atoms with Crippen LogP contribution in [0.2, 0.25) is 0 Å². The molecule has 0 saturated heterocycles. The van der Waals surface area contributed by atoms with Crippen molar-refractivity contribution in [3.8, 4) is 22.1 Å². The molecule has 110 valence electrons. The van der Waals surface area contributed by atoms with Gasteiger partial charge in [0.25, 0.3) is 0 Å². The second kappa shape index (κ2) is 4.53. The quantitative estimate of drug-likeness (QED) is 0.663. The van der Waals surface area contributed by atoms with Crippen LogP contribution in [0.5, 0.6) is 0 Å². The summed E-state index contributed by atoms with van der Waals surface area (Å²) in [7, 11) is 0. The standard InChI is InChI=1S/C18H17N3S/c1-2-7-14-13(6-1)12-18(9-3-4-10-18)21-16(14)19-20-17(21)15-8-5-11-22-15/h1-2,5-8,11H,3-4,9-10,12H2. The molecule has 3 nitrogen and oxygen atoms in total. The summed E-state index contributed by atoms with van der Waals surface area (Å²) in [5, 5.41) is 11.3. The fourth-order valence-corrected chi connectivity index (χ4v) is 4.93. The van der Waals surface area contributed by atoms with E-state index in [0.29, 0.717) is 0 Å². The van der Waals surface area contributed by atoms with Crippen molar-refractivity contribution in [1.29, 1.82) is 0 Å². The smallest absolute Gasteiger partial charge is 0.174 e. The summed E-state index contributed by atoms with van der Waals surface area (Å²) >= 11 is 1.75. The molecular formula is C18H17N3S.